The lowest BCUT2D eigenvalue weighted by molar-refractivity contribution is -0.870. The predicted octanol–water partition coefficient (Wildman–Crippen LogP) is 20.7. The van der Waals surface area contributed by atoms with Crippen molar-refractivity contribution in [2.75, 3.05) is 47.5 Å². The monoisotopic (exact) mass is 1180 g/mol. The summed E-state index contributed by atoms with van der Waals surface area (Å²) in [5.74, 6) is -2.27. The Morgan fingerprint density at radius 2 is 0.679 bits per heavy atom. The van der Waals surface area contributed by atoms with Gasteiger partial charge in [0.2, 0.25) is 0 Å². The van der Waals surface area contributed by atoms with Gasteiger partial charge in [-0.1, -0.05) is 324 Å². The lowest BCUT2D eigenvalue weighted by Crippen LogP contribution is -2.44. The van der Waals surface area contributed by atoms with Gasteiger partial charge in [0.1, 0.15) is 13.2 Å². The van der Waals surface area contributed by atoms with Crippen LogP contribution in [0.15, 0.2) is 72.9 Å². The summed E-state index contributed by atoms with van der Waals surface area (Å²) in [5.41, 5.74) is 0. The summed E-state index contributed by atoms with van der Waals surface area (Å²) in [6, 6.07) is 0. The maximum absolute atomic E-state index is 12.9. The van der Waals surface area contributed by atoms with Crippen molar-refractivity contribution in [3.8, 4) is 0 Å². The van der Waals surface area contributed by atoms with Crippen molar-refractivity contribution in [3.63, 3.8) is 0 Å². The number of carbonyl (C=O) groups is 3. The Hall–Kier alpha value is -3.27. The van der Waals surface area contributed by atoms with Gasteiger partial charge in [0.15, 0.2) is 12.4 Å². The van der Waals surface area contributed by atoms with Gasteiger partial charge in [-0.15, -0.1) is 0 Å². The van der Waals surface area contributed by atoms with Crippen molar-refractivity contribution >= 4 is 17.9 Å². The van der Waals surface area contributed by atoms with Gasteiger partial charge in [-0.3, -0.25) is 9.59 Å². The molecule has 0 aliphatic carbocycles. The number of rotatable bonds is 66. The van der Waals surface area contributed by atoms with E-state index in [4.69, 9.17) is 18.9 Å². The van der Waals surface area contributed by atoms with Crippen LogP contribution in [0.3, 0.4) is 0 Å². The molecule has 0 rings (SSSR count). The van der Waals surface area contributed by atoms with E-state index in [0.717, 1.165) is 83.5 Å². The lowest BCUT2D eigenvalue weighted by Gasteiger charge is -2.26. The van der Waals surface area contributed by atoms with E-state index in [9.17, 15) is 19.5 Å². The lowest BCUT2D eigenvalue weighted by atomic mass is 10.0. The zero-order valence-corrected chi connectivity index (χ0v) is 55.8. The van der Waals surface area contributed by atoms with E-state index in [1.807, 2.05) is 21.1 Å². The van der Waals surface area contributed by atoms with Crippen LogP contribution in [0, 0.1) is 0 Å². The number of carbonyl (C=O) groups excluding carboxylic acids is 3. The van der Waals surface area contributed by atoms with Crippen LogP contribution in [-0.2, 0) is 33.3 Å². The molecular weight excluding hydrogens is 1040 g/mol. The third kappa shape index (κ3) is 66.3. The third-order valence-electron chi connectivity index (χ3n) is 15.7. The first-order chi connectivity index (χ1) is 41.1. The summed E-state index contributed by atoms with van der Waals surface area (Å²) in [4.78, 5) is 37.5. The fourth-order valence-corrected chi connectivity index (χ4v) is 10.3. The number of quaternary nitrogens is 1. The molecule has 0 fully saturated rings. The second-order valence-corrected chi connectivity index (χ2v) is 25.2. The summed E-state index contributed by atoms with van der Waals surface area (Å²) in [5, 5.41) is 11.8. The minimum atomic E-state index is -1.63. The summed E-state index contributed by atoms with van der Waals surface area (Å²) in [6.07, 6.45) is 84.2. The van der Waals surface area contributed by atoms with Crippen LogP contribution in [0.5, 0.6) is 0 Å². The number of nitrogens with zero attached hydrogens (tertiary/aromatic N) is 1. The second-order valence-electron chi connectivity index (χ2n) is 25.2. The molecule has 9 nitrogen and oxygen atoms in total. The highest BCUT2D eigenvalue weighted by Gasteiger charge is 2.22. The second kappa shape index (κ2) is 65.7. The zero-order chi connectivity index (χ0) is 61.2. The number of likely N-dealkylation sites (N-methyl/N-ethyl adjacent to an activating group) is 1. The quantitative estimate of drug-likeness (QED) is 0.0195. The van der Waals surface area contributed by atoms with Crippen LogP contribution in [-0.4, -0.2) is 82.3 Å². The summed E-state index contributed by atoms with van der Waals surface area (Å²) >= 11 is 0. The van der Waals surface area contributed by atoms with Crippen LogP contribution in [0.4, 0.5) is 0 Å². The van der Waals surface area contributed by atoms with Crippen LogP contribution in [0.1, 0.15) is 328 Å². The largest absolute Gasteiger partial charge is 0.545 e. The van der Waals surface area contributed by atoms with Crippen LogP contribution < -0.4 is 5.11 Å². The molecule has 84 heavy (non-hydrogen) atoms. The first-order valence-electron chi connectivity index (χ1n) is 35.6. The van der Waals surface area contributed by atoms with Gasteiger partial charge in [-0.05, 0) is 64.2 Å². The molecule has 2 atom stereocenters. The average Bonchev–Trinajstić information content (AvgIpc) is 3.55. The number of hydrogen-bond acceptors (Lipinski definition) is 8. The predicted molar refractivity (Wildman–Crippen MR) is 357 cm³/mol. The Kier molecular flexibility index (Phi) is 63.1. The number of allylic oxidation sites excluding steroid dienone is 12. The first kappa shape index (κ1) is 80.7. The van der Waals surface area contributed by atoms with Crippen LogP contribution in [0.2, 0.25) is 0 Å². The standard InChI is InChI=1S/C75H135NO8/c1-6-8-10-12-14-16-18-20-22-24-26-28-30-32-34-36-38-39-41-43-45-47-49-51-53-55-57-59-61-63-65-72(77)82-69-71(70-83-75(74(79)80)81-68-67-76(3,4)5)84-73(78)66-64-62-60-58-56-54-52-50-48-46-44-42-40-37-35-33-31-29-27-25-23-21-19-17-15-13-11-9-7-2/h9,11,15,17,21,23,27,29,33,35,40,42,71,75H,6-8,10,12-14,16,18-20,22,24-26,28,30-32,34,36-39,41,43-70H2,1-5H3/b11-9-,17-15-,23-21-,29-27-,35-33-,42-40-. The Labute approximate surface area is 519 Å². The van der Waals surface area contributed by atoms with Crippen molar-refractivity contribution in [2.24, 2.45) is 0 Å². The molecule has 0 aliphatic rings. The van der Waals surface area contributed by atoms with Crippen molar-refractivity contribution in [2.45, 2.75) is 341 Å². The molecule has 0 heterocycles. The minimum Gasteiger partial charge on any atom is -0.545 e. The molecule has 0 radical (unpaired) electrons. The van der Waals surface area contributed by atoms with E-state index in [-0.39, 0.29) is 32.2 Å². The highest BCUT2D eigenvalue weighted by molar-refractivity contribution is 5.70. The number of carboxylic acids is 1. The van der Waals surface area contributed by atoms with Crippen molar-refractivity contribution in [1.82, 2.24) is 0 Å². The number of ether oxygens (including phenoxy) is 4. The topological polar surface area (TPSA) is 111 Å². The highest BCUT2D eigenvalue weighted by Crippen LogP contribution is 2.18. The molecule has 0 bridgehead atoms. The van der Waals surface area contributed by atoms with Gasteiger partial charge in [0.05, 0.1) is 40.3 Å². The number of esters is 2. The van der Waals surface area contributed by atoms with E-state index in [1.54, 1.807) is 0 Å². The Balaban J connectivity index is 4.10. The molecule has 9 heteroatoms. The minimum absolute atomic E-state index is 0.146. The maximum Gasteiger partial charge on any atom is 0.306 e. The van der Waals surface area contributed by atoms with Crippen LogP contribution >= 0.6 is 0 Å². The molecular formula is C75H135NO8. The number of hydrogen-bond donors (Lipinski definition) is 0. The molecule has 0 saturated carbocycles. The van der Waals surface area contributed by atoms with Crippen molar-refractivity contribution in [1.29, 1.82) is 0 Å². The average molecular weight is 1180 g/mol. The van der Waals surface area contributed by atoms with Gasteiger partial charge in [-0.2, -0.15) is 0 Å². The van der Waals surface area contributed by atoms with Crippen molar-refractivity contribution in [3.05, 3.63) is 72.9 Å². The van der Waals surface area contributed by atoms with Crippen LogP contribution in [0.25, 0.3) is 0 Å². The van der Waals surface area contributed by atoms with Gasteiger partial charge in [0.25, 0.3) is 0 Å². The summed E-state index contributed by atoms with van der Waals surface area (Å²) in [6.45, 7) is 4.68. The van der Waals surface area contributed by atoms with Gasteiger partial charge in [0, 0.05) is 12.8 Å². The smallest absolute Gasteiger partial charge is 0.306 e. The Morgan fingerprint density at radius 1 is 0.369 bits per heavy atom. The van der Waals surface area contributed by atoms with Gasteiger partial charge < -0.3 is 33.3 Å². The summed E-state index contributed by atoms with van der Waals surface area (Å²) in [7, 11) is 5.93. The molecule has 0 N–H and O–H groups in total. The molecule has 0 aromatic heterocycles. The fourth-order valence-electron chi connectivity index (χ4n) is 10.3. The SMILES string of the molecule is CC/C=C\C/C=C\C/C=C\C/C=C\C/C=C\C/C=C\CCCCCCCCCCCCC(=O)OC(COC(=O)CCCCCCCCCCCCCCCCCCCCCCCCCCCCCCCC)COC(OCC[N+](C)(C)C)C(=O)[O-]. The Morgan fingerprint density at radius 3 is 1.01 bits per heavy atom. The van der Waals surface area contributed by atoms with E-state index < -0.39 is 24.3 Å². The summed E-state index contributed by atoms with van der Waals surface area (Å²) < 4.78 is 22.8. The zero-order valence-electron chi connectivity index (χ0n) is 55.8. The van der Waals surface area contributed by atoms with E-state index in [2.05, 4.69) is 86.8 Å². The number of aliphatic carboxylic acids is 1. The number of carboxylic acid groups (broad SMARTS) is 1. The maximum atomic E-state index is 12.9. The van der Waals surface area contributed by atoms with E-state index >= 15 is 0 Å². The third-order valence-corrected chi connectivity index (χ3v) is 15.7. The molecule has 488 valence electrons. The Bertz CT molecular complexity index is 1610. The molecule has 0 saturated heterocycles. The first-order valence-corrected chi connectivity index (χ1v) is 35.6. The van der Waals surface area contributed by atoms with Gasteiger partial charge in [-0.25, -0.2) is 0 Å². The van der Waals surface area contributed by atoms with Gasteiger partial charge >= 0.3 is 11.9 Å². The molecule has 0 spiro atoms. The molecule has 0 aromatic rings. The normalized spacial score (nSPS) is 13.1. The van der Waals surface area contributed by atoms with E-state index in [1.165, 1.54) is 212 Å². The van der Waals surface area contributed by atoms with Crippen molar-refractivity contribution < 1.29 is 42.9 Å². The highest BCUT2D eigenvalue weighted by atomic mass is 16.7. The molecule has 2 unspecified atom stereocenters. The fraction of sp³-hybridized carbons (Fsp3) is 0.800. The molecule has 0 amide bonds. The van der Waals surface area contributed by atoms with E-state index in [0.29, 0.717) is 23.9 Å². The molecule has 0 aliphatic heterocycles. The number of unbranched alkanes of at least 4 members (excludes halogenated alkanes) is 39. The molecule has 0 aromatic carbocycles.